The molecule has 0 bridgehead atoms. The van der Waals surface area contributed by atoms with Crippen molar-refractivity contribution in [3.05, 3.63) is 121 Å². The summed E-state index contributed by atoms with van der Waals surface area (Å²) in [7, 11) is 0. The molecule has 0 fully saturated rings. The molecule has 0 saturated carbocycles. The first-order chi connectivity index (χ1) is 12.7. The molecule has 128 valence electrons. The summed E-state index contributed by atoms with van der Waals surface area (Å²) in [5.41, 5.74) is 2.54. The monoisotopic (exact) mass is 398 g/mol. The van der Waals surface area contributed by atoms with Crippen LogP contribution in [0, 0.1) is 0 Å². The summed E-state index contributed by atoms with van der Waals surface area (Å²) in [6.07, 6.45) is 0. The Morgan fingerprint density at radius 2 is 0.538 bits per heavy atom. The fourth-order valence-corrected chi connectivity index (χ4v) is 15.6. The Morgan fingerprint density at radius 1 is 0.346 bits per heavy atom. The zero-order valence-electron chi connectivity index (χ0n) is 15.0. The fraction of sp³-hybridized carbons (Fsp3) is 0.0400. The Labute approximate surface area is 156 Å². The van der Waals surface area contributed by atoms with Crippen LogP contribution in [-0.2, 0) is 0 Å². The van der Waals surface area contributed by atoms with E-state index in [2.05, 4.69) is 127 Å². The zero-order chi connectivity index (χ0) is 17.9. The van der Waals surface area contributed by atoms with Crippen molar-refractivity contribution in [2.24, 2.45) is 0 Å². The first-order valence-electron chi connectivity index (χ1n) is 8.98. The summed E-state index contributed by atoms with van der Waals surface area (Å²) in [5, 5.41) is 0. The molecule has 0 atom stereocenters. The molecule has 4 aromatic rings. The maximum atomic E-state index is 2.54. The summed E-state index contributed by atoms with van der Waals surface area (Å²) in [6.45, 7) is 0. The molecule has 26 heavy (non-hydrogen) atoms. The van der Waals surface area contributed by atoms with Crippen LogP contribution in [0.2, 0.25) is 5.71 Å². The Hall–Kier alpha value is -2.56. The Morgan fingerprint density at radius 3 is 0.731 bits per heavy atom. The predicted octanol–water partition coefficient (Wildman–Crippen LogP) is 3.65. The molecule has 0 radical (unpaired) electrons. The van der Waals surface area contributed by atoms with Crippen molar-refractivity contribution in [3.63, 3.8) is 0 Å². The van der Waals surface area contributed by atoms with E-state index in [9.17, 15) is 0 Å². The van der Waals surface area contributed by atoms with Gasteiger partial charge in [-0.05, 0) is 0 Å². The first-order valence-corrected chi connectivity index (χ1v) is 14.6. The van der Waals surface area contributed by atoms with E-state index in [0.29, 0.717) is 0 Å². The molecule has 0 spiro atoms. The third kappa shape index (κ3) is 2.37. The molecule has 0 amide bonds. The second kappa shape index (κ2) is 6.63. The minimum atomic E-state index is -3.55. The standard InChI is InChI=1S/C25H23As/c1-26(22-14-6-2-7-15-22,23-16-8-3-9-17-23,24-18-10-4-11-19-24)25-20-12-5-13-21-25/h2-21H,1H3. The van der Waals surface area contributed by atoms with Gasteiger partial charge in [-0.3, -0.25) is 0 Å². The number of hydrogen-bond donors (Lipinski definition) is 0. The van der Waals surface area contributed by atoms with Gasteiger partial charge in [-0.15, -0.1) is 0 Å². The van der Waals surface area contributed by atoms with Gasteiger partial charge in [-0.25, -0.2) is 0 Å². The number of hydrogen-bond acceptors (Lipinski definition) is 0. The molecule has 4 rings (SSSR count). The van der Waals surface area contributed by atoms with Crippen LogP contribution in [0.3, 0.4) is 0 Å². The molecule has 0 aliphatic carbocycles. The van der Waals surface area contributed by atoms with Crippen molar-refractivity contribution >= 4 is 29.9 Å². The van der Waals surface area contributed by atoms with Crippen molar-refractivity contribution in [3.8, 4) is 0 Å². The van der Waals surface area contributed by atoms with Crippen LogP contribution in [0.15, 0.2) is 121 Å². The van der Waals surface area contributed by atoms with Crippen LogP contribution in [0.1, 0.15) is 0 Å². The molecule has 0 N–H and O–H groups in total. The van der Waals surface area contributed by atoms with Gasteiger partial charge in [-0.2, -0.15) is 0 Å². The van der Waals surface area contributed by atoms with E-state index in [1.807, 2.05) is 0 Å². The van der Waals surface area contributed by atoms with Gasteiger partial charge in [0, 0.05) is 0 Å². The Bertz CT molecular complexity index is 808. The van der Waals surface area contributed by atoms with Gasteiger partial charge < -0.3 is 0 Å². The molecule has 0 nitrogen and oxygen atoms in total. The topological polar surface area (TPSA) is 0 Å². The first kappa shape index (κ1) is 16.9. The number of benzene rings is 4. The van der Waals surface area contributed by atoms with Gasteiger partial charge in [0.25, 0.3) is 0 Å². The quantitative estimate of drug-likeness (QED) is 0.461. The van der Waals surface area contributed by atoms with E-state index in [-0.39, 0.29) is 0 Å². The van der Waals surface area contributed by atoms with E-state index >= 15 is 0 Å². The van der Waals surface area contributed by atoms with E-state index in [4.69, 9.17) is 0 Å². The van der Waals surface area contributed by atoms with Crippen LogP contribution in [0.4, 0.5) is 0 Å². The normalized spacial score (nSPS) is 12.9. The molecule has 1 heteroatoms. The Balaban J connectivity index is 2.23. The van der Waals surface area contributed by atoms with Crippen molar-refractivity contribution in [2.75, 3.05) is 0 Å². The molecule has 0 aliphatic rings. The average Bonchev–Trinajstić information content (AvgIpc) is 2.76. The summed E-state index contributed by atoms with van der Waals surface area (Å²) in [6, 6.07) is 44.4. The Kier molecular flexibility index (Phi) is 4.31. The summed E-state index contributed by atoms with van der Waals surface area (Å²) >= 11 is -3.55. The van der Waals surface area contributed by atoms with Crippen molar-refractivity contribution in [1.29, 1.82) is 0 Å². The molecule has 0 heterocycles. The SMILES string of the molecule is C[As](c1ccccc1)(c1ccccc1)(c1ccccc1)c1ccccc1. The van der Waals surface area contributed by atoms with E-state index in [1.165, 1.54) is 17.4 Å². The molecule has 0 saturated heterocycles. The second-order valence-electron chi connectivity index (χ2n) is 6.91. The van der Waals surface area contributed by atoms with Gasteiger partial charge in [0.05, 0.1) is 0 Å². The maximum absolute atomic E-state index is 3.55. The molecule has 0 unspecified atom stereocenters. The molecule has 0 aliphatic heterocycles. The second-order valence-corrected chi connectivity index (χ2v) is 17.8. The van der Waals surface area contributed by atoms with Gasteiger partial charge in [0.1, 0.15) is 0 Å². The zero-order valence-corrected chi connectivity index (χ0v) is 16.9. The van der Waals surface area contributed by atoms with E-state index in [0.717, 1.165) is 0 Å². The van der Waals surface area contributed by atoms with Crippen molar-refractivity contribution in [1.82, 2.24) is 0 Å². The third-order valence-corrected chi connectivity index (χ3v) is 18.9. The number of rotatable bonds is 4. The molecular formula is C25H23As. The summed E-state index contributed by atoms with van der Waals surface area (Å²) < 4.78 is 5.76. The minimum absolute atomic E-state index is 1.44. The van der Waals surface area contributed by atoms with E-state index in [1.54, 1.807) is 0 Å². The molecule has 4 aromatic carbocycles. The summed E-state index contributed by atoms with van der Waals surface area (Å²) in [4.78, 5) is 0. The van der Waals surface area contributed by atoms with Gasteiger partial charge >= 0.3 is 157 Å². The molecule has 0 aromatic heterocycles. The van der Waals surface area contributed by atoms with E-state index < -0.39 is 12.5 Å². The molecular weight excluding hydrogens is 375 g/mol. The van der Waals surface area contributed by atoms with Crippen LogP contribution in [-0.4, -0.2) is 12.5 Å². The van der Waals surface area contributed by atoms with Crippen molar-refractivity contribution in [2.45, 2.75) is 5.71 Å². The average molecular weight is 398 g/mol. The van der Waals surface area contributed by atoms with Crippen LogP contribution in [0.5, 0.6) is 0 Å². The van der Waals surface area contributed by atoms with Crippen LogP contribution >= 0.6 is 0 Å². The summed E-state index contributed by atoms with van der Waals surface area (Å²) in [5.74, 6) is 0. The van der Waals surface area contributed by atoms with Gasteiger partial charge in [-0.1, -0.05) is 0 Å². The van der Waals surface area contributed by atoms with Crippen LogP contribution < -0.4 is 17.4 Å². The van der Waals surface area contributed by atoms with Gasteiger partial charge in [0.2, 0.25) is 0 Å². The van der Waals surface area contributed by atoms with Gasteiger partial charge in [0.15, 0.2) is 0 Å². The van der Waals surface area contributed by atoms with Crippen LogP contribution in [0.25, 0.3) is 0 Å². The fourth-order valence-electron chi connectivity index (χ4n) is 4.10. The third-order valence-electron chi connectivity index (χ3n) is 5.61. The predicted molar refractivity (Wildman–Crippen MR) is 116 cm³/mol. The van der Waals surface area contributed by atoms with Crippen molar-refractivity contribution < 1.29 is 0 Å².